The molecule has 1 amide bonds. The number of benzene rings is 2. The van der Waals surface area contributed by atoms with Crippen LogP contribution < -0.4 is 16.1 Å². The second-order valence-electron chi connectivity index (χ2n) is 9.99. The number of carbonyl (C=O) groups is 1. The molecule has 0 unspecified atom stereocenters. The highest BCUT2D eigenvalue weighted by molar-refractivity contribution is 9.10. The SMILES string of the molecule is Cc1cc(Br)ccc1Nc1c(C(=O)NOCC2CC2)cc2c(ncn2CCCCN2CCNCC2)c1F. The van der Waals surface area contributed by atoms with E-state index in [-0.39, 0.29) is 16.8 Å². The first kappa shape index (κ1) is 26.1. The third-order valence-electron chi connectivity index (χ3n) is 7.06. The highest BCUT2D eigenvalue weighted by Gasteiger charge is 2.25. The minimum atomic E-state index is -0.549. The fraction of sp³-hybridized carbons (Fsp3) is 0.481. The Morgan fingerprint density at radius 2 is 2.00 bits per heavy atom. The number of nitrogens with one attached hydrogen (secondary N) is 3. The van der Waals surface area contributed by atoms with Crippen molar-refractivity contribution < 1.29 is 14.0 Å². The van der Waals surface area contributed by atoms with Gasteiger partial charge in [0.2, 0.25) is 0 Å². The van der Waals surface area contributed by atoms with E-state index >= 15 is 4.39 Å². The van der Waals surface area contributed by atoms with Gasteiger partial charge in [0.15, 0.2) is 5.82 Å². The fourth-order valence-electron chi connectivity index (χ4n) is 4.66. The molecule has 1 aliphatic heterocycles. The monoisotopic (exact) mass is 572 g/mol. The molecule has 1 saturated heterocycles. The van der Waals surface area contributed by atoms with Crippen molar-refractivity contribution in [2.24, 2.45) is 5.92 Å². The van der Waals surface area contributed by atoms with Crippen LogP contribution in [0.3, 0.4) is 0 Å². The van der Waals surface area contributed by atoms with Crippen molar-refractivity contribution in [3.8, 4) is 0 Å². The van der Waals surface area contributed by atoms with Gasteiger partial charge < -0.3 is 20.1 Å². The zero-order valence-electron chi connectivity index (χ0n) is 21.2. The third-order valence-corrected chi connectivity index (χ3v) is 7.56. The van der Waals surface area contributed by atoms with Crippen molar-refractivity contribution in [3.05, 3.63) is 52.0 Å². The van der Waals surface area contributed by atoms with Gasteiger partial charge in [0.1, 0.15) is 5.52 Å². The number of nitrogens with zero attached hydrogens (tertiary/aromatic N) is 3. The van der Waals surface area contributed by atoms with Crippen molar-refractivity contribution in [2.45, 2.75) is 39.2 Å². The Bertz CT molecular complexity index is 1260. The van der Waals surface area contributed by atoms with Crippen molar-refractivity contribution in [3.63, 3.8) is 0 Å². The maximum Gasteiger partial charge on any atom is 0.277 e. The molecule has 1 saturated carbocycles. The van der Waals surface area contributed by atoms with Crippen LogP contribution in [0.5, 0.6) is 0 Å². The molecule has 2 aliphatic rings. The van der Waals surface area contributed by atoms with E-state index in [1.165, 1.54) is 0 Å². The summed E-state index contributed by atoms with van der Waals surface area (Å²) in [5.74, 6) is -0.540. The van der Waals surface area contributed by atoms with Crippen molar-refractivity contribution >= 4 is 44.2 Å². The minimum absolute atomic E-state index is 0.0920. The lowest BCUT2D eigenvalue weighted by Gasteiger charge is -2.27. The fourth-order valence-corrected chi connectivity index (χ4v) is 5.13. The molecule has 3 N–H and O–H groups in total. The molecule has 0 atom stereocenters. The molecule has 0 bridgehead atoms. The number of hydroxylamine groups is 1. The zero-order valence-corrected chi connectivity index (χ0v) is 22.7. The van der Waals surface area contributed by atoms with Crippen LogP contribution in [0.25, 0.3) is 11.0 Å². The number of carbonyl (C=O) groups excluding carboxylic acids is 1. The van der Waals surface area contributed by atoms with Crippen LogP contribution >= 0.6 is 15.9 Å². The molecule has 0 spiro atoms. The number of hydrogen-bond acceptors (Lipinski definition) is 6. The largest absolute Gasteiger partial charge is 0.352 e. The molecule has 8 nitrogen and oxygen atoms in total. The number of halogens is 2. The average molecular weight is 574 g/mol. The van der Waals surface area contributed by atoms with E-state index < -0.39 is 11.7 Å². The summed E-state index contributed by atoms with van der Waals surface area (Å²) in [6.07, 6.45) is 5.88. The lowest BCUT2D eigenvalue weighted by molar-refractivity contribution is 0.0271. The van der Waals surface area contributed by atoms with Crippen LogP contribution in [0.4, 0.5) is 15.8 Å². The number of anilines is 2. The minimum Gasteiger partial charge on any atom is -0.352 e. The first-order valence-corrected chi connectivity index (χ1v) is 13.8. The molecule has 5 rings (SSSR count). The Kier molecular flexibility index (Phi) is 8.39. The van der Waals surface area contributed by atoms with E-state index in [0.717, 1.165) is 68.4 Å². The number of imidazole rings is 1. The summed E-state index contributed by atoms with van der Waals surface area (Å²) in [6.45, 7) is 8.39. The van der Waals surface area contributed by atoms with Gasteiger partial charge in [0.25, 0.3) is 5.91 Å². The number of piperazine rings is 1. The zero-order chi connectivity index (χ0) is 25.8. The van der Waals surface area contributed by atoms with Crippen LogP contribution in [0.15, 0.2) is 35.1 Å². The molecule has 2 heterocycles. The van der Waals surface area contributed by atoms with E-state index in [1.807, 2.05) is 29.7 Å². The van der Waals surface area contributed by atoms with Gasteiger partial charge >= 0.3 is 0 Å². The number of hydrogen-bond donors (Lipinski definition) is 3. The van der Waals surface area contributed by atoms with Crippen molar-refractivity contribution in [2.75, 3.05) is 44.6 Å². The van der Waals surface area contributed by atoms with Gasteiger partial charge in [-0.1, -0.05) is 15.9 Å². The maximum atomic E-state index is 15.9. The molecule has 2 fully saturated rings. The second-order valence-corrected chi connectivity index (χ2v) is 10.9. The quantitative estimate of drug-likeness (QED) is 0.227. The molecule has 2 aromatic carbocycles. The van der Waals surface area contributed by atoms with E-state index in [4.69, 9.17) is 4.84 Å². The molecule has 198 valence electrons. The third kappa shape index (κ3) is 6.49. The van der Waals surface area contributed by atoms with Crippen LogP contribution in [0.2, 0.25) is 0 Å². The average Bonchev–Trinajstić information content (AvgIpc) is 3.63. The molecule has 1 aliphatic carbocycles. The number of amides is 1. The van der Waals surface area contributed by atoms with Gasteiger partial charge in [-0.2, -0.15) is 0 Å². The maximum absolute atomic E-state index is 15.9. The van der Waals surface area contributed by atoms with E-state index in [1.54, 1.807) is 12.4 Å². The molecule has 3 aromatic rings. The van der Waals surface area contributed by atoms with Gasteiger partial charge in [-0.25, -0.2) is 14.9 Å². The predicted molar refractivity (Wildman–Crippen MR) is 147 cm³/mol. The van der Waals surface area contributed by atoms with Gasteiger partial charge in [0.05, 0.1) is 29.7 Å². The van der Waals surface area contributed by atoms with E-state index in [9.17, 15) is 4.79 Å². The van der Waals surface area contributed by atoms with Gasteiger partial charge in [0, 0.05) is 42.9 Å². The number of unbranched alkanes of at least 4 members (excludes halogenated alkanes) is 1. The van der Waals surface area contributed by atoms with Crippen molar-refractivity contribution in [1.82, 2.24) is 25.2 Å². The van der Waals surface area contributed by atoms with Gasteiger partial charge in [-0.15, -0.1) is 0 Å². The summed E-state index contributed by atoms with van der Waals surface area (Å²) in [7, 11) is 0. The summed E-state index contributed by atoms with van der Waals surface area (Å²) in [5, 5.41) is 6.52. The summed E-state index contributed by atoms with van der Waals surface area (Å²) in [5.41, 5.74) is 5.27. The second kappa shape index (κ2) is 11.9. The van der Waals surface area contributed by atoms with Gasteiger partial charge in [-0.05, 0) is 74.9 Å². The lowest BCUT2D eigenvalue weighted by atomic mass is 10.1. The topological polar surface area (TPSA) is 83.5 Å². The molecular formula is C27H34BrFN6O2. The molecule has 10 heteroatoms. The molecule has 37 heavy (non-hydrogen) atoms. The van der Waals surface area contributed by atoms with Crippen LogP contribution in [0.1, 0.15) is 41.6 Å². The van der Waals surface area contributed by atoms with E-state index in [0.29, 0.717) is 30.3 Å². The van der Waals surface area contributed by atoms with Crippen LogP contribution in [-0.4, -0.2) is 59.7 Å². The standard InChI is InChI=1S/C27H34BrFN6O2/c1-18-14-20(28)6-7-22(18)32-25-21(27(36)33-37-16-19-4-5-19)15-23-26(24(25)29)31-17-35(23)11-3-2-10-34-12-8-30-9-13-34/h6-7,14-15,17,19,30,32H,2-5,8-13,16H2,1H3,(H,33,36). The summed E-state index contributed by atoms with van der Waals surface area (Å²) in [6, 6.07) is 7.38. The highest BCUT2D eigenvalue weighted by Crippen LogP contribution is 2.33. The van der Waals surface area contributed by atoms with E-state index in [2.05, 4.69) is 41.9 Å². The summed E-state index contributed by atoms with van der Waals surface area (Å²) >= 11 is 3.46. The highest BCUT2D eigenvalue weighted by atomic mass is 79.9. The Morgan fingerprint density at radius 3 is 2.76 bits per heavy atom. The Labute approximate surface area is 225 Å². The first-order chi connectivity index (χ1) is 18.0. The number of aryl methyl sites for hydroxylation is 2. The number of rotatable bonds is 11. The first-order valence-electron chi connectivity index (χ1n) is 13.1. The van der Waals surface area contributed by atoms with Crippen LogP contribution in [0, 0.1) is 18.7 Å². The molecular weight excluding hydrogens is 539 g/mol. The van der Waals surface area contributed by atoms with Crippen LogP contribution in [-0.2, 0) is 11.4 Å². The molecule has 0 radical (unpaired) electrons. The summed E-state index contributed by atoms with van der Waals surface area (Å²) < 4.78 is 18.8. The normalized spacial score (nSPS) is 16.3. The number of aromatic nitrogens is 2. The smallest absolute Gasteiger partial charge is 0.277 e. The Morgan fingerprint density at radius 1 is 1.22 bits per heavy atom. The predicted octanol–water partition coefficient (Wildman–Crippen LogP) is 4.75. The van der Waals surface area contributed by atoms with Crippen molar-refractivity contribution in [1.29, 1.82) is 0 Å². The summed E-state index contributed by atoms with van der Waals surface area (Å²) in [4.78, 5) is 25.4. The van der Waals surface area contributed by atoms with Gasteiger partial charge in [-0.3, -0.25) is 9.63 Å². The Hall–Kier alpha value is -2.53. The number of fused-ring (bicyclic) bond motifs is 1. The molecule has 1 aromatic heterocycles. The lowest BCUT2D eigenvalue weighted by Crippen LogP contribution is -2.43. The Balaban J connectivity index is 1.37.